The SMILES string of the molecule is CC(CNc1ccccc1)OCCC(F)(F)F. The van der Waals surface area contributed by atoms with Crippen molar-refractivity contribution in [1.82, 2.24) is 0 Å². The van der Waals surface area contributed by atoms with Crippen molar-refractivity contribution in [2.24, 2.45) is 0 Å². The van der Waals surface area contributed by atoms with Crippen LogP contribution >= 0.6 is 0 Å². The summed E-state index contributed by atoms with van der Waals surface area (Å²) in [5, 5.41) is 3.09. The topological polar surface area (TPSA) is 21.3 Å². The van der Waals surface area contributed by atoms with E-state index in [0.717, 1.165) is 5.69 Å². The van der Waals surface area contributed by atoms with Crippen LogP contribution in [0.3, 0.4) is 0 Å². The molecule has 1 N–H and O–H groups in total. The summed E-state index contributed by atoms with van der Waals surface area (Å²) >= 11 is 0. The Hall–Kier alpha value is -1.23. The molecule has 1 atom stereocenters. The van der Waals surface area contributed by atoms with Crippen molar-refractivity contribution in [2.45, 2.75) is 25.6 Å². The fourth-order valence-electron chi connectivity index (χ4n) is 1.25. The van der Waals surface area contributed by atoms with Crippen LogP contribution in [0, 0.1) is 0 Å². The number of para-hydroxylation sites is 1. The predicted octanol–water partition coefficient (Wildman–Crippen LogP) is 3.46. The molecule has 17 heavy (non-hydrogen) atoms. The van der Waals surface area contributed by atoms with Crippen molar-refractivity contribution in [1.29, 1.82) is 0 Å². The van der Waals surface area contributed by atoms with Crippen LogP contribution in [0.2, 0.25) is 0 Å². The second-order valence-corrected chi connectivity index (χ2v) is 3.79. The quantitative estimate of drug-likeness (QED) is 0.831. The van der Waals surface area contributed by atoms with Crippen molar-refractivity contribution in [3.8, 4) is 0 Å². The van der Waals surface area contributed by atoms with Crippen LogP contribution in [0.15, 0.2) is 30.3 Å². The van der Waals surface area contributed by atoms with Crippen molar-refractivity contribution < 1.29 is 17.9 Å². The molecule has 0 amide bonds. The highest BCUT2D eigenvalue weighted by Gasteiger charge is 2.26. The van der Waals surface area contributed by atoms with Crippen LogP contribution in [0.4, 0.5) is 18.9 Å². The number of halogens is 3. The van der Waals surface area contributed by atoms with Gasteiger partial charge in [-0.15, -0.1) is 0 Å². The van der Waals surface area contributed by atoms with Gasteiger partial charge in [0.15, 0.2) is 0 Å². The van der Waals surface area contributed by atoms with E-state index in [1.807, 2.05) is 30.3 Å². The van der Waals surface area contributed by atoms with E-state index < -0.39 is 12.6 Å². The van der Waals surface area contributed by atoms with Crippen molar-refractivity contribution in [3.05, 3.63) is 30.3 Å². The first kappa shape index (κ1) is 13.8. The summed E-state index contributed by atoms with van der Waals surface area (Å²) < 4.78 is 40.6. The van der Waals surface area contributed by atoms with Crippen molar-refractivity contribution in [3.63, 3.8) is 0 Å². The summed E-state index contributed by atoms with van der Waals surface area (Å²) in [4.78, 5) is 0. The Morgan fingerprint density at radius 1 is 1.24 bits per heavy atom. The van der Waals surface area contributed by atoms with E-state index in [0.29, 0.717) is 6.54 Å². The lowest BCUT2D eigenvalue weighted by atomic mass is 10.3. The second kappa shape index (κ2) is 6.49. The molecule has 2 nitrogen and oxygen atoms in total. The molecule has 1 aromatic rings. The number of nitrogens with one attached hydrogen (secondary N) is 1. The number of benzene rings is 1. The standard InChI is InChI=1S/C12H16F3NO/c1-10(17-8-7-12(13,14)15)9-16-11-5-3-2-4-6-11/h2-6,10,16H,7-9H2,1H3. The zero-order valence-corrected chi connectivity index (χ0v) is 9.63. The molecular weight excluding hydrogens is 231 g/mol. The number of hydrogen-bond donors (Lipinski definition) is 1. The summed E-state index contributed by atoms with van der Waals surface area (Å²) in [5.74, 6) is 0. The van der Waals surface area contributed by atoms with Gasteiger partial charge in [0, 0.05) is 12.2 Å². The van der Waals surface area contributed by atoms with E-state index in [1.54, 1.807) is 6.92 Å². The molecular formula is C12H16F3NO. The molecule has 0 aliphatic heterocycles. The molecule has 0 heterocycles. The highest BCUT2D eigenvalue weighted by atomic mass is 19.4. The number of ether oxygens (including phenoxy) is 1. The molecule has 0 aliphatic rings. The minimum atomic E-state index is -4.15. The van der Waals surface area contributed by atoms with Crippen LogP contribution in [0.1, 0.15) is 13.3 Å². The zero-order valence-electron chi connectivity index (χ0n) is 9.63. The van der Waals surface area contributed by atoms with Gasteiger partial charge in [-0.3, -0.25) is 0 Å². The average molecular weight is 247 g/mol. The number of hydrogen-bond acceptors (Lipinski definition) is 2. The first-order chi connectivity index (χ1) is 7.97. The van der Waals surface area contributed by atoms with Crippen LogP contribution in [-0.4, -0.2) is 25.4 Å². The summed E-state index contributed by atoms with van der Waals surface area (Å²) in [6.07, 6.45) is -5.30. The van der Waals surface area contributed by atoms with Gasteiger partial charge < -0.3 is 10.1 Å². The molecule has 0 saturated heterocycles. The normalized spacial score (nSPS) is 13.4. The largest absolute Gasteiger partial charge is 0.391 e. The maximum absolute atomic E-state index is 11.9. The lowest BCUT2D eigenvalue weighted by molar-refractivity contribution is -0.147. The van der Waals surface area contributed by atoms with Crippen LogP contribution < -0.4 is 5.32 Å². The van der Waals surface area contributed by atoms with Crippen molar-refractivity contribution >= 4 is 5.69 Å². The summed E-state index contributed by atoms with van der Waals surface area (Å²) in [7, 11) is 0. The van der Waals surface area contributed by atoms with Gasteiger partial charge in [0.1, 0.15) is 0 Å². The van der Waals surface area contributed by atoms with Crippen LogP contribution in [-0.2, 0) is 4.74 Å². The predicted molar refractivity (Wildman–Crippen MR) is 61.0 cm³/mol. The molecule has 96 valence electrons. The molecule has 0 radical (unpaired) electrons. The third-order valence-electron chi connectivity index (χ3n) is 2.16. The van der Waals surface area contributed by atoms with E-state index in [2.05, 4.69) is 5.32 Å². The Kier molecular flexibility index (Phi) is 5.28. The molecule has 0 bridgehead atoms. The minimum Gasteiger partial charge on any atom is -0.382 e. The number of alkyl halides is 3. The van der Waals surface area contributed by atoms with Gasteiger partial charge in [-0.25, -0.2) is 0 Å². The summed E-state index contributed by atoms with van der Waals surface area (Å²) in [6.45, 7) is 1.94. The Bertz CT molecular complexity index is 313. The van der Waals surface area contributed by atoms with Crippen LogP contribution in [0.5, 0.6) is 0 Å². The van der Waals surface area contributed by atoms with E-state index in [-0.39, 0.29) is 12.7 Å². The van der Waals surface area contributed by atoms with Gasteiger partial charge in [0.05, 0.1) is 19.1 Å². The molecule has 1 aromatic carbocycles. The van der Waals surface area contributed by atoms with E-state index in [1.165, 1.54) is 0 Å². The first-order valence-electron chi connectivity index (χ1n) is 5.44. The fraction of sp³-hybridized carbons (Fsp3) is 0.500. The third kappa shape index (κ3) is 6.84. The average Bonchev–Trinajstić information content (AvgIpc) is 2.26. The van der Waals surface area contributed by atoms with Gasteiger partial charge in [0.25, 0.3) is 0 Å². The maximum atomic E-state index is 11.9. The van der Waals surface area contributed by atoms with Crippen LogP contribution in [0.25, 0.3) is 0 Å². The molecule has 1 unspecified atom stereocenters. The molecule has 0 spiro atoms. The molecule has 0 aromatic heterocycles. The van der Waals surface area contributed by atoms with E-state index in [9.17, 15) is 13.2 Å². The summed E-state index contributed by atoms with van der Waals surface area (Å²) in [6, 6.07) is 9.45. The third-order valence-corrected chi connectivity index (χ3v) is 2.16. The van der Waals surface area contributed by atoms with E-state index in [4.69, 9.17) is 4.74 Å². The number of rotatable bonds is 6. The Balaban J connectivity index is 2.15. The maximum Gasteiger partial charge on any atom is 0.391 e. The fourth-order valence-corrected chi connectivity index (χ4v) is 1.25. The Morgan fingerprint density at radius 3 is 2.47 bits per heavy atom. The van der Waals surface area contributed by atoms with E-state index >= 15 is 0 Å². The molecule has 0 fully saturated rings. The van der Waals surface area contributed by atoms with Crippen molar-refractivity contribution in [2.75, 3.05) is 18.5 Å². The second-order valence-electron chi connectivity index (χ2n) is 3.79. The highest BCUT2D eigenvalue weighted by molar-refractivity contribution is 5.42. The summed E-state index contributed by atoms with van der Waals surface area (Å²) in [5.41, 5.74) is 0.929. The monoisotopic (exact) mass is 247 g/mol. The van der Waals surface area contributed by atoms with Gasteiger partial charge in [-0.1, -0.05) is 18.2 Å². The lowest BCUT2D eigenvalue weighted by Gasteiger charge is -2.15. The first-order valence-corrected chi connectivity index (χ1v) is 5.44. The Labute approximate surface area is 98.8 Å². The molecule has 0 aliphatic carbocycles. The van der Waals surface area contributed by atoms with Gasteiger partial charge >= 0.3 is 6.18 Å². The van der Waals surface area contributed by atoms with Gasteiger partial charge in [-0.2, -0.15) is 13.2 Å². The van der Waals surface area contributed by atoms with Gasteiger partial charge in [-0.05, 0) is 19.1 Å². The smallest absolute Gasteiger partial charge is 0.382 e. The molecule has 0 saturated carbocycles. The number of anilines is 1. The molecule has 1 rings (SSSR count). The van der Waals surface area contributed by atoms with Gasteiger partial charge in [0.2, 0.25) is 0 Å². The minimum absolute atomic E-state index is 0.252. The Morgan fingerprint density at radius 2 is 1.88 bits per heavy atom. The highest BCUT2D eigenvalue weighted by Crippen LogP contribution is 2.19. The zero-order chi connectivity index (χ0) is 12.7. The molecule has 5 heteroatoms. The lowest BCUT2D eigenvalue weighted by Crippen LogP contribution is -2.22.